The number of benzene rings is 2. The lowest BCUT2D eigenvalue weighted by Crippen LogP contribution is -1.86. The molecule has 0 aromatic heterocycles. The molecule has 0 amide bonds. The smallest absolute Gasteiger partial charge is 0.0635 e. The van der Waals surface area contributed by atoms with E-state index in [2.05, 4.69) is 0 Å². The molecule has 0 aliphatic heterocycles. The Hall–Kier alpha value is -1.18. The zero-order chi connectivity index (χ0) is 9.97. The summed E-state index contributed by atoms with van der Waals surface area (Å²) in [7, 11) is 0. The van der Waals surface area contributed by atoms with Gasteiger partial charge in [-0.2, -0.15) is 0 Å². The molecule has 78 valence electrons. The van der Waals surface area contributed by atoms with Crippen LogP contribution < -0.4 is 5.73 Å². The molecule has 0 saturated carbocycles. The summed E-state index contributed by atoms with van der Waals surface area (Å²) in [6.45, 7) is 0. The molecule has 2 N–H and O–H groups in total. The van der Waals surface area contributed by atoms with Crippen LogP contribution in [0.2, 0.25) is 5.02 Å². The highest BCUT2D eigenvalue weighted by Gasteiger charge is 1.99. The van der Waals surface area contributed by atoms with Gasteiger partial charge in [-0.3, -0.25) is 0 Å². The molecule has 2 rings (SSSR count). The molecule has 0 saturated heterocycles. The first-order valence-corrected chi connectivity index (χ1v) is 4.75. The van der Waals surface area contributed by atoms with Crippen LogP contribution in [-0.4, -0.2) is 0 Å². The van der Waals surface area contributed by atoms with Crippen molar-refractivity contribution in [2.24, 2.45) is 0 Å². The Morgan fingerprint density at radius 2 is 1.53 bits per heavy atom. The van der Waals surface area contributed by atoms with E-state index in [4.69, 9.17) is 17.3 Å². The zero-order valence-electron chi connectivity index (χ0n) is 7.98. The molecule has 0 atom stereocenters. The molecule has 0 radical (unpaired) electrons. The Bertz CT molecular complexity index is 441. The summed E-state index contributed by atoms with van der Waals surface area (Å²) in [6.07, 6.45) is 0. The fourth-order valence-corrected chi connectivity index (χ4v) is 1.47. The molecule has 0 fully saturated rings. The molecule has 2 aromatic rings. The molecule has 0 bridgehead atoms. The minimum Gasteiger partial charge on any atom is -0.398 e. The molecule has 0 unspecified atom stereocenters. The number of nitrogen functional groups attached to an aromatic ring is 1. The van der Waals surface area contributed by atoms with E-state index in [1.165, 1.54) is 0 Å². The minimum atomic E-state index is 0. The van der Waals surface area contributed by atoms with Gasteiger partial charge in [0.05, 0.1) is 10.7 Å². The first-order chi connectivity index (χ1) is 6.77. The van der Waals surface area contributed by atoms with Crippen molar-refractivity contribution in [1.82, 2.24) is 0 Å². The predicted octanol–water partition coefficient (Wildman–Crippen LogP) is 4.01. The quantitative estimate of drug-likeness (QED) is 0.748. The van der Waals surface area contributed by atoms with E-state index >= 15 is 0 Å². The fraction of sp³-hybridized carbons (Fsp3) is 0. The highest BCUT2D eigenvalue weighted by Crippen LogP contribution is 2.26. The van der Waals surface area contributed by atoms with Crippen LogP contribution in [0.1, 0.15) is 0 Å². The van der Waals surface area contributed by atoms with Gasteiger partial charge in [0.25, 0.3) is 0 Å². The maximum absolute atomic E-state index is 5.84. The monoisotopic (exact) mass is 239 g/mol. The third-order valence-corrected chi connectivity index (χ3v) is 2.45. The van der Waals surface area contributed by atoms with Crippen LogP contribution in [0, 0.1) is 0 Å². The van der Waals surface area contributed by atoms with Gasteiger partial charge < -0.3 is 5.73 Å². The summed E-state index contributed by atoms with van der Waals surface area (Å²) in [6, 6.07) is 15.7. The molecule has 3 heteroatoms. The molecule has 1 nitrogen and oxygen atoms in total. The second-order valence-corrected chi connectivity index (χ2v) is 3.51. The van der Waals surface area contributed by atoms with Crippen molar-refractivity contribution in [3.63, 3.8) is 0 Å². The Morgan fingerprint density at radius 3 is 2.13 bits per heavy atom. The van der Waals surface area contributed by atoms with Gasteiger partial charge in [-0.25, -0.2) is 0 Å². The topological polar surface area (TPSA) is 26.0 Å². The van der Waals surface area contributed by atoms with Crippen LogP contribution in [0.15, 0.2) is 48.5 Å². The molecular formula is C12H11Cl2N. The van der Waals surface area contributed by atoms with Crippen LogP contribution in [0.4, 0.5) is 5.69 Å². The Kier molecular flexibility index (Phi) is 4.01. The first-order valence-electron chi connectivity index (χ1n) is 4.38. The number of hydrogen-bond acceptors (Lipinski definition) is 1. The zero-order valence-corrected chi connectivity index (χ0v) is 9.55. The molecule has 15 heavy (non-hydrogen) atoms. The average Bonchev–Trinajstić information content (AvgIpc) is 2.23. The van der Waals surface area contributed by atoms with Crippen molar-refractivity contribution in [2.45, 2.75) is 0 Å². The van der Waals surface area contributed by atoms with Gasteiger partial charge in [-0.05, 0) is 23.3 Å². The Morgan fingerprint density at radius 1 is 0.867 bits per heavy atom. The standard InChI is InChI=1S/C12H10ClN.ClH/c13-11-7-6-10(8-12(11)14)9-4-2-1-3-5-9;/h1-8H,14H2;1H. The van der Waals surface area contributed by atoms with Crippen LogP contribution in [0.5, 0.6) is 0 Å². The number of nitrogens with two attached hydrogens (primary N) is 1. The highest BCUT2D eigenvalue weighted by molar-refractivity contribution is 6.33. The van der Waals surface area contributed by atoms with Crippen molar-refractivity contribution < 1.29 is 0 Å². The van der Waals surface area contributed by atoms with E-state index in [1.807, 2.05) is 48.5 Å². The molecular weight excluding hydrogens is 229 g/mol. The third kappa shape index (κ3) is 2.65. The maximum Gasteiger partial charge on any atom is 0.0635 e. The van der Waals surface area contributed by atoms with Gasteiger partial charge in [0, 0.05) is 0 Å². The lowest BCUT2D eigenvalue weighted by molar-refractivity contribution is 1.61. The lowest BCUT2D eigenvalue weighted by atomic mass is 10.1. The Labute approximate surface area is 100 Å². The summed E-state index contributed by atoms with van der Waals surface area (Å²) in [5.74, 6) is 0. The molecule has 0 spiro atoms. The first kappa shape index (κ1) is 11.9. The van der Waals surface area contributed by atoms with E-state index in [1.54, 1.807) is 0 Å². The van der Waals surface area contributed by atoms with Gasteiger partial charge in [-0.15, -0.1) is 12.4 Å². The van der Waals surface area contributed by atoms with Crippen LogP contribution >= 0.6 is 24.0 Å². The van der Waals surface area contributed by atoms with Crippen molar-refractivity contribution in [1.29, 1.82) is 0 Å². The van der Waals surface area contributed by atoms with E-state index < -0.39 is 0 Å². The number of rotatable bonds is 1. The second-order valence-electron chi connectivity index (χ2n) is 3.10. The van der Waals surface area contributed by atoms with Gasteiger partial charge in [0.15, 0.2) is 0 Å². The molecule has 0 aliphatic rings. The van der Waals surface area contributed by atoms with Crippen molar-refractivity contribution in [2.75, 3.05) is 5.73 Å². The van der Waals surface area contributed by atoms with Crippen LogP contribution in [-0.2, 0) is 0 Å². The molecule has 0 aliphatic carbocycles. The summed E-state index contributed by atoms with van der Waals surface area (Å²) >= 11 is 5.84. The summed E-state index contributed by atoms with van der Waals surface area (Å²) in [5.41, 5.74) is 8.58. The fourth-order valence-electron chi connectivity index (χ4n) is 1.35. The van der Waals surface area contributed by atoms with E-state index in [0.717, 1.165) is 11.1 Å². The minimum absolute atomic E-state index is 0. The van der Waals surface area contributed by atoms with Gasteiger partial charge in [-0.1, -0.05) is 48.0 Å². The van der Waals surface area contributed by atoms with Crippen LogP contribution in [0.25, 0.3) is 11.1 Å². The third-order valence-electron chi connectivity index (χ3n) is 2.10. The average molecular weight is 240 g/mol. The predicted molar refractivity (Wildman–Crippen MR) is 68.5 cm³/mol. The van der Waals surface area contributed by atoms with Crippen molar-refractivity contribution in [3.05, 3.63) is 53.6 Å². The molecule has 2 aromatic carbocycles. The highest BCUT2D eigenvalue weighted by atomic mass is 35.5. The number of hydrogen-bond donors (Lipinski definition) is 1. The van der Waals surface area contributed by atoms with Crippen LogP contribution in [0.3, 0.4) is 0 Å². The van der Waals surface area contributed by atoms with Crippen molar-refractivity contribution in [3.8, 4) is 11.1 Å². The van der Waals surface area contributed by atoms with Gasteiger partial charge >= 0.3 is 0 Å². The largest absolute Gasteiger partial charge is 0.398 e. The molecule has 0 heterocycles. The van der Waals surface area contributed by atoms with E-state index in [-0.39, 0.29) is 12.4 Å². The SMILES string of the molecule is Cl.Nc1cc(-c2ccccc2)ccc1Cl. The van der Waals surface area contributed by atoms with Gasteiger partial charge in [0.2, 0.25) is 0 Å². The normalized spacial score (nSPS) is 9.40. The lowest BCUT2D eigenvalue weighted by Gasteiger charge is -2.03. The number of halogens is 2. The summed E-state index contributed by atoms with van der Waals surface area (Å²) < 4.78 is 0. The second kappa shape index (κ2) is 5.06. The Balaban J connectivity index is 0.00000112. The summed E-state index contributed by atoms with van der Waals surface area (Å²) in [4.78, 5) is 0. The van der Waals surface area contributed by atoms with E-state index in [0.29, 0.717) is 10.7 Å². The summed E-state index contributed by atoms with van der Waals surface area (Å²) in [5, 5.41) is 0.602. The van der Waals surface area contributed by atoms with Gasteiger partial charge in [0.1, 0.15) is 0 Å². The number of anilines is 1. The maximum atomic E-state index is 5.84. The van der Waals surface area contributed by atoms with E-state index in [9.17, 15) is 0 Å². The van der Waals surface area contributed by atoms with Crippen molar-refractivity contribution >= 4 is 29.7 Å².